The summed E-state index contributed by atoms with van der Waals surface area (Å²) in [4.78, 5) is 0. The summed E-state index contributed by atoms with van der Waals surface area (Å²) >= 11 is 1.91. The molecule has 1 heterocycles. The molecule has 0 bridgehead atoms. The fourth-order valence-electron chi connectivity index (χ4n) is 2.59. The maximum Gasteiger partial charge on any atom is 0.0787 e. The van der Waals surface area contributed by atoms with Crippen LogP contribution in [0, 0.1) is 0 Å². The smallest absolute Gasteiger partial charge is 0.0787 e. The lowest BCUT2D eigenvalue weighted by Crippen LogP contribution is -2.48. The van der Waals surface area contributed by atoms with Gasteiger partial charge in [-0.2, -0.15) is 11.8 Å². The molecule has 2 nitrogen and oxygen atoms in total. The van der Waals surface area contributed by atoms with Gasteiger partial charge in [0.2, 0.25) is 0 Å². The Morgan fingerprint density at radius 2 is 2.00 bits per heavy atom. The molecule has 1 rings (SSSR count). The summed E-state index contributed by atoms with van der Waals surface area (Å²) in [5, 5.41) is 3.77. The maximum absolute atomic E-state index is 6.10. The van der Waals surface area contributed by atoms with Crippen LogP contribution in [0.5, 0.6) is 0 Å². The van der Waals surface area contributed by atoms with Crippen molar-refractivity contribution in [2.75, 3.05) is 12.0 Å². The Morgan fingerprint density at radius 3 is 2.38 bits per heavy atom. The van der Waals surface area contributed by atoms with Crippen molar-refractivity contribution < 1.29 is 4.74 Å². The number of ether oxygens (including phenoxy) is 1. The normalized spacial score (nSPS) is 29.2. The quantitative estimate of drug-likeness (QED) is 0.804. The molecule has 3 heteroatoms. The summed E-state index contributed by atoms with van der Waals surface area (Å²) in [5.74, 6) is 1.18. The first-order chi connectivity index (χ1) is 7.30. The Bertz CT molecular complexity index is 228. The van der Waals surface area contributed by atoms with Gasteiger partial charge in [0.15, 0.2) is 0 Å². The van der Waals surface area contributed by atoms with Gasteiger partial charge in [-0.05, 0) is 46.8 Å². The van der Waals surface area contributed by atoms with Gasteiger partial charge in [-0.3, -0.25) is 0 Å². The van der Waals surface area contributed by atoms with Gasteiger partial charge in [0.25, 0.3) is 0 Å². The minimum absolute atomic E-state index is 0.0127. The van der Waals surface area contributed by atoms with Gasteiger partial charge in [0.05, 0.1) is 11.2 Å². The van der Waals surface area contributed by atoms with Crippen LogP contribution in [0.2, 0.25) is 0 Å². The highest BCUT2D eigenvalue weighted by Crippen LogP contribution is 2.37. The molecule has 16 heavy (non-hydrogen) atoms. The van der Waals surface area contributed by atoms with Crippen LogP contribution in [-0.4, -0.2) is 35.3 Å². The SMILES string of the molecule is CCC(CSC)NC1CC(C)(C)OC1(C)C. The highest BCUT2D eigenvalue weighted by Gasteiger charge is 2.46. The van der Waals surface area contributed by atoms with Crippen LogP contribution < -0.4 is 5.32 Å². The average molecular weight is 245 g/mol. The van der Waals surface area contributed by atoms with Crippen LogP contribution >= 0.6 is 11.8 Å². The molecule has 0 aromatic carbocycles. The second-order valence-electron chi connectivity index (χ2n) is 5.95. The van der Waals surface area contributed by atoms with E-state index in [2.05, 4.69) is 46.2 Å². The second-order valence-corrected chi connectivity index (χ2v) is 6.86. The first-order valence-electron chi connectivity index (χ1n) is 6.26. The standard InChI is InChI=1S/C13H27NOS/c1-7-10(9-16-6)14-11-8-12(2,3)15-13(11,4)5/h10-11,14H,7-9H2,1-6H3. The van der Waals surface area contributed by atoms with Gasteiger partial charge in [-0.1, -0.05) is 6.92 Å². The molecule has 0 aliphatic carbocycles. The van der Waals surface area contributed by atoms with Crippen LogP contribution in [0.25, 0.3) is 0 Å². The molecule has 0 amide bonds. The van der Waals surface area contributed by atoms with Crippen LogP contribution in [-0.2, 0) is 4.74 Å². The van der Waals surface area contributed by atoms with E-state index in [1.807, 2.05) is 11.8 Å². The molecule has 0 radical (unpaired) electrons. The van der Waals surface area contributed by atoms with Gasteiger partial charge < -0.3 is 10.1 Å². The molecule has 1 fully saturated rings. The van der Waals surface area contributed by atoms with Crippen LogP contribution in [0.4, 0.5) is 0 Å². The van der Waals surface area contributed by atoms with E-state index in [4.69, 9.17) is 4.74 Å². The summed E-state index contributed by atoms with van der Waals surface area (Å²) in [6.07, 6.45) is 4.46. The van der Waals surface area contributed by atoms with E-state index in [1.165, 1.54) is 12.2 Å². The molecule has 1 aliphatic heterocycles. The Labute approximate surface area is 105 Å². The first kappa shape index (κ1) is 14.3. The van der Waals surface area contributed by atoms with E-state index < -0.39 is 0 Å². The largest absolute Gasteiger partial charge is 0.368 e. The lowest BCUT2D eigenvalue weighted by atomic mass is 9.93. The third-order valence-electron chi connectivity index (χ3n) is 3.37. The summed E-state index contributed by atoms with van der Waals surface area (Å²) in [6.45, 7) is 11.0. The predicted octanol–water partition coefficient (Wildman–Crippen LogP) is 3.06. The van der Waals surface area contributed by atoms with E-state index in [1.54, 1.807) is 0 Å². The second kappa shape index (κ2) is 5.28. The zero-order valence-corrected chi connectivity index (χ0v) is 12.4. The highest BCUT2D eigenvalue weighted by molar-refractivity contribution is 7.98. The lowest BCUT2D eigenvalue weighted by Gasteiger charge is -2.30. The molecule has 1 saturated heterocycles. The minimum Gasteiger partial charge on any atom is -0.368 e. The molecule has 96 valence electrons. The number of hydrogen-bond donors (Lipinski definition) is 1. The maximum atomic E-state index is 6.10. The lowest BCUT2D eigenvalue weighted by molar-refractivity contribution is -0.0703. The van der Waals surface area contributed by atoms with Crippen LogP contribution in [0.15, 0.2) is 0 Å². The van der Waals surface area contributed by atoms with Gasteiger partial charge in [0.1, 0.15) is 0 Å². The van der Waals surface area contributed by atoms with E-state index in [0.717, 1.165) is 6.42 Å². The van der Waals surface area contributed by atoms with E-state index in [-0.39, 0.29) is 11.2 Å². The van der Waals surface area contributed by atoms with E-state index in [0.29, 0.717) is 12.1 Å². The Morgan fingerprint density at radius 1 is 1.38 bits per heavy atom. The zero-order chi connectivity index (χ0) is 12.4. The molecule has 1 aliphatic rings. The number of thioether (sulfide) groups is 1. The Kier molecular flexibility index (Phi) is 4.73. The van der Waals surface area contributed by atoms with Crippen molar-refractivity contribution in [1.82, 2.24) is 5.32 Å². The van der Waals surface area contributed by atoms with Crippen molar-refractivity contribution in [3.05, 3.63) is 0 Å². The first-order valence-corrected chi connectivity index (χ1v) is 7.65. The number of hydrogen-bond acceptors (Lipinski definition) is 3. The predicted molar refractivity (Wildman–Crippen MR) is 73.2 cm³/mol. The molecular weight excluding hydrogens is 218 g/mol. The van der Waals surface area contributed by atoms with Crippen molar-refractivity contribution >= 4 is 11.8 Å². The molecule has 1 N–H and O–H groups in total. The van der Waals surface area contributed by atoms with Crippen molar-refractivity contribution in [2.24, 2.45) is 0 Å². The van der Waals surface area contributed by atoms with Gasteiger partial charge in [-0.15, -0.1) is 0 Å². The van der Waals surface area contributed by atoms with Gasteiger partial charge in [0, 0.05) is 17.8 Å². The minimum atomic E-state index is -0.0463. The van der Waals surface area contributed by atoms with Gasteiger partial charge in [-0.25, -0.2) is 0 Å². The number of nitrogens with one attached hydrogen (secondary N) is 1. The summed E-state index contributed by atoms with van der Waals surface area (Å²) < 4.78 is 6.10. The van der Waals surface area contributed by atoms with Crippen molar-refractivity contribution in [3.63, 3.8) is 0 Å². The molecule has 0 spiro atoms. The van der Waals surface area contributed by atoms with Crippen molar-refractivity contribution in [2.45, 2.75) is 70.7 Å². The molecular formula is C13H27NOS. The van der Waals surface area contributed by atoms with Crippen molar-refractivity contribution in [1.29, 1.82) is 0 Å². The Balaban J connectivity index is 2.59. The van der Waals surface area contributed by atoms with E-state index in [9.17, 15) is 0 Å². The third-order valence-corrected chi connectivity index (χ3v) is 4.11. The topological polar surface area (TPSA) is 21.3 Å². The van der Waals surface area contributed by atoms with Crippen LogP contribution in [0.3, 0.4) is 0 Å². The van der Waals surface area contributed by atoms with Crippen LogP contribution in [0.1, 0.15) is 47.5 Å². The molecule has 0 aromatic rings. The monoisotopic (exact) mass is 245 g/mol. The van der Waals surface area contributed by atoms with Gasteiger partial charge >= 0.3 is 0 Å². The fourth-order valence-corrected chi connectivity index (χ4v) is 3.33. The molecule has 0 saturated carbocycles. The molecule has 2 atom stereocenters. The average Bonchev–Trinajstić information content (AvgIpc) is 2.33. The molecule has 0 aromatic heterocycles. The fraction of sp³-hybridized carbons (Fsp3) is 1.00. The Hall–Kier alpha value is 0.270. The number of rotatable bonds is 5. The highest BCUT2D eigenvalue weighted by atomic mass is 32.2. The summed E-state index contributed by atoms with van der Waals surface area (Å²) in [7, 11) is 0. The van der Waals surface area contributed by atoms with Crippen molar-refractivity contribution in [3.8, 4) is 0 Å². The molecule has 2 unspecified atom stereocenters. The third kappa shape index (κ3) is 3.64. The summed E-state index contributed by atoms with van der Waals surface area (Å²) in [6, 6.07) is 1.08. The van der Waals surface area contributed by atoms with E-state index >= 15 is 0 Å². The summed E-state index contributed by atoms with van der Waals surface area (Å²) in [5.41, 5.74) is -0.0336. The zero-order valence-electron chi connectivity index (χ0n) is 11.6.